The highest BCUT2D eigenvalue weighted by Gasteiger charge is 2.41. The zero-order valence-corrected chi connectivity index (χ0v) is 32.7. The van der Waals surface area contributed by atoms with Crippen molar-refractivity contribution in [1.29, 1.82) is 0 Å². The predicted molar refractivity (Wildman–Crippen MR) is 188 cm³/mol. The molecule has 10 heteroatoms. The van der Waals surface area contributed by atoms with Crippen LogP contribution in [-0.2, 0) is 24.4 Å². The van der Waals surface area contributed by atoms with E-state index in [2.05, 4.69) is 0 Å². The molecule has 0 aliphatic heterocycles. The highest BCUT2D eigenvalue weighted by atomic mass is 16.6. The molecule has 10 nitrogen and oxygen atoms in total. The number of rotatable bonds is 8. The van der Waals surface area contributed by atoms with Crippen molar-refractivity contribution in [1.82, 2.24) is 0 Å². The Hall–Kier alpha value is -4.08. The van der Waals surface area contributed by atoms with Crippen molar-refractivity contribution in [3.05, 3.63) is 56.6 Å². The summed E-state index contributed by atoms with van der Waals surface area (Å²) >= 11 is 0. The number of carbonyl (C=O) groups is 4. The second-order valence-corrected chi connectivity index (χ2v) is 16.6. The Morgan fingerprint density at radius 2 is 0.653 bits per heavy atom. The van der Waals surface area contributed by atoms with Crippen LogP contribution in [-0.4, -0.2) is 60.5 Å². The number of esters is 4. The minimum absolute atomic E-state index is 0.0687. The standard InChI is InChI=1S/C39H56O10/c1-21-27(31(40)46-35(3,4)5)23(19-25(44-17)29(21)33(42)48-37(9,10)11)39(15,16)24-20-26(45-18)30(34(43)49-38(12,13)14)22(2)28(24)32(41)47-36(6,7)8/h19-20H,1-18H3. The van der Waals surface area contributed by atoms with E-state index in [9.17, 15) is 19.2 Å². The van der Waals surface area contributed by atoms with E-state index in [4.69, 9.17) is 28.4 Å². The van der Waals surface area contributed by atoms with E-state index in [0.717, 1.165) is 0 Å². The molecule has 0 aliphatic rings. The lowest BCUT2D eigenvalue weighted by Gasteiger charge is -2.34. The molecule has 0 atom stereocenters. The lowest BCUT2D eigenvalue weighted by molar-refractivity contribution is 0.00426. The summed E-state index contributed by atoms with van der Waals surface area (Å²) < 4.78 is 34.7. The van der Waals surface area contributed by atoms with Gasteiger partial charge in [0.15, 0.2) is 0 Å². The van der Waals surface area contributed by atoms with Gasteiger partial charge in [0.2, 0.25) is 0 Å². The quantitative estimate of drug-likeness (QED) is 0.198. The Labute approximate surface area is 292 Å². The topological polar surface area (TPSA) is 124 Å². The Balaban J connectivity index is 3.21. The van der Waals surface area contributed by atoms with Gasteiger partial charge in [-0.3, -0.25) is 0 Å². The SMILES string of the molecule is COc1cc(C(C)(C)c2cc(OC)c(C(=O)OC(C)(C)C)c(C)c2C(=O)OC(C)(C)C)c(C(=O)OC(C)(C)C)c(C)c1C(=O)OC(C)(C)C. The van der Waals surface area contributed by atoms with Crippen LogP contribution in [0.15, 0.2) is 12.1 Å². The van der Waals surface area contributed by atoms with Gasteiger partial charge in [0.25, 0.3) is 0 Å². The molecule has 0 aliphatic carbocycles. The molecule has 0 unspecified atom stereocenters. The van der Waals surface area contributed by atoms with Crippen LogP contribution in [0.3, 0.4) is 0 Å². The molecule has 0 N–H and O–H groups in total. The summed E-state index contributed by atoms with van der Waals surface area (Å²) in [5.41, 5.74) is -2.95. The fraction of sp³-hybridized carbons (Fsp3) is 0.590. The van der Waals surface area contributed by atoms with Gasteiger partial charge in [0.1, 0.15) is 45.0 Å². The van der Waals surface area contributed by atoms with Crippen LogP contribution in [0.2, 0.25) is 0 Å². The predicted octanol–water partition coefficient (Wildman–Crippen LogP) is 8.47. The van der Waals surface area contributed by atoms with Gasteiger partial charge in [-0.25, -0.2) is 19.2 Å². The number of carbonyl (C=O) groups excluding carboxylic acids is 4. The molecule has 0 heterocycles. The van der Waals surface area contributed by atoms with E-state index >= 15 is 0 Å². The van der Waals surface area contributed by atoms with E-state index in [1.807, 2.05) is 13.8 Å². The van der Waals surface area contributed by atoms with E-state index in [1.165, 1.54) is 14.2 Å². The first-order valence-electron chi connectivity index (χ1n) is 16.3. The van der Waals surface area contributed by atoms with Gasteiger partial charge in [0, 0.05) is 5.41 Å². The summed E-state index contributed by atoms with van der Waals surface area (Å²) in [5.74, 6) is -2.40. The van der Waals surface area contributed by atoms with Gasteiger partial charge >= 0.3 is 23.9 Å². The molecule has 0 spiro atoms. The largest absolute Gasteiger partial charge is 0.496 e. The van der Waals surface area contributed by atoms with Crippen LogP contribution < -0.4 is 9.47 Å². The normalized spacial score (nSPS) is 12.6. The van der Waals surface area contributed by atoms with Gasteiger partial charge < -0.3 is 28.4 Å². The van der Waals surface area contributed by atoms with Gasteiger partial charge in [0.05, 0.1) is 25.3 Å². The lowest BCUT2D eigenvalue weighted by atomic mass is 9.71. The van der Waals surface area contributed by atoms with E-state index in [1.54, 1.807) is 109 Å². The van der Waals surface area contributed by atoms with Gasteiger partial charge in [-0.05, 0) is 131 Å². The van der Waals surface area contributed by atoms with Gasteiger partial charge in [-0.15, -0.1) is 0 Å². The first-order chi connectivity index (χ1) is 22.0. The highest BCUT2D eigenvalue weighted by Crippen LogP contribution is 2.45. The zero-order chi connectivity index (χ0) is 38.2. The molecular weight excluding hydrogens is 628 g/mol. The van der Waals surface area contributed by atoms with E-state index in [-0.39, 0.29) is 44.9 Å². The van der Waals surface area contributed by atoms with Crippen LogP contribution >= 0.6 is 0 Å². The van der Waals surface area contributed by atoms with E-state index in [0.29, 0.717) is 11.1 Å². The minimum Gasteiger partial charge on any atom is -0.496 e. The Morgan fingerprint density at radius 3 is 0.857 bits per heavy atom. The number of ether oxygens (including phenoxy) is 6. The first-order valence-corrected chi connectivity index (χ1v) is 16.3. The van der Waals surface area contributed by atoms with E-state index < -0.39 is 51.7 Å². The molecule has 0 radical (unpaired) electrons. The van der Waals surface area contributed by atoms with Crippen molar-refractivity contribution < 1.29 is 47.6 Å². The maximum atomic E-state index is 14.1. The summed E-state index contributed by atoms with van der Waals surface area (Å²) in [5, 5.41) is 0. The third-order valence-electron chi connectivity index (χ3n) is 7.28. The first kappa shape index (κ1) is 41.1. The maximum Gasteiger partial charge on any atom is 0.342 e. The summed E-state index contributed by atoms with van der Waals surface area (Å²) in [6, 6.07) is 3.18. The lowest BCUT2D eigenvalue weighted by Crippen LogP contribution is -2.33. The fourth-order valence-corrected chi connectivity index (χ4v) is 5.38. The number of hydrogen-bond acceptors (Lipinski definition) is 10. The smallest absolute Gasteiger partial charge is 0.342 e. The number of hydrogen-bond donors (Lipinski definition) is 0. The highest BCUT2D eigenvalue weighted by molar-refractivity contribution is 6.04. The Morgan fingerprint density at radius 1 is 0.429 bits per heavy atom. The molecule has 0 fully saturated rings. The van der Waals surface area contributed by atoms with Crippen molar-refractivity contribution in [3.8, 4) is 11.5 Å². The molecule has 272 valence electrons. The molecule has 2 aromatic rings. The van der Waals surface area contributed by atoms with Crippen molar-refractivity contribution in [2.75, 3.05) is 14.2 Å². The zero-order valence-electron chi connectivity index (χ0n) is 32.7. The molecule has 0 bridgehead atoms. The van der Waals surface area contributed by atoms with Gasteiger partial charge in [-0.2, -0.15) is 0 Å². The maximum absolute atomic E-state index is 14.1. The second-order valence-electron chi connectivity index (χ2n) is 16.6. The van der Waals surface area contributed by atoms with Crippen molar-refractivity contribution in [3.63, 3.8) is 0 Å². The molecule has 0 amide bonds. The molecule has 0 aromatic heterocycles. The van der Waals surface area contributed by atoms with Crippen LogP contribution in [0.5, 0.6) is 11.5 Å². The molecule has 0 saturated heterocycles. The number of benzene rings is 2. The summed E-state index contributed by atoms with van der Waals surface area (Å²) in [4.78, 5) is 55.4. The van der Waals surface area contributed by atoms with Crippen LogP contribution in [0, 0.1) is 13.8 Å². The van der Waals surface area contributed by atoms with Crippen LogP contribution in [0.25, 0.3) is 0 Å². The third-order valence-corrected chi connectivity index (χ3v) is 7.28. The average molecular weight is 685 g/mol. The van der Waals surface area contributed by atoms with Crippen LogP contribution in [0.1, 0.15) is 161 Å². The second kappa shape index (κ2) is 14.0. The summed E-state index contributed by atoms with van der Waals surface area (Å²) in [6.45, 7) is 27.8. The molecule has 49 heavy (non-hydrogen) atoms. The van der Waals surface area contributed by atoms with Gasteiger partial charge in [-0.1, -0.05) is 13.8 Å². The Bertz CT molecular complexity index is 1500. The molecular formula is C39H56O10. The number of methoxy groups -OCH3 is 2. The monoisotopic (exact) mass is 684 g/mol. The molecule has 2 rings (SSSR count). The third kappa shape index (κ3) is 9.98. The average Bonchev–Trinajstić information content (AvgIpc) is 2.87. The minimum atomic E-state index is -1.20. The van der Waals surface area contributed by atoms with Crippen molar-refractivity contribution in [2.45, 2.75) is 139 Å². The summed E-state index contributed by atoms with van der Waals surface area (Å²) in [6.07, 6.45) is 0. The molecule has 0 saturated carbocycles. The summed E-state index contributed by atoms with van der Waals surface area (Å²) in [7, 11) is 2.84. The fourth-order valence-electron chi connectivity index (χ4n) is 5.38. The van der Waals surface area contributed by atoms with Crippen LogP contribution in [0.4, 0.5) is 0 Å². The van der Waals surface area contributed by atoms with Crippen molar-refractivity contribution in [2.24, 2.45) is 0 Å². The van der Waals surface area contributed by atoms with Crippen molar-refractivity contribution >= 4 is 23.9 Å². The molecule has 2 aromatic carbocycles. The Kier molecular flexibility index (Phi) is 11.8.